The van der Waals surface area contributed by atoms with Gasteiger partial charge in [-0.1, -0.05) is 29.8 Å². The molecule has 1 aromatic rings. The van der Waals surface area contributed by atoms with Crippen molar-refractivity contribution in [3.63, 3.8) is 0 Å². The number of hydrogen-bond acceptors (Lipinski definition) is 2. The van der Waals surface area contributed by atoms with Gasteiger partial charge in [0, 0.05) is 5.69 Å². The molecule has 3 nitrogen and oxygen atoms in total. The second-order valence-electron chi connectivity index (χ2n) is 4.67. The maximum absolute atomic E-state index is 11.7. The molecular formula is C15H19NO2. The van der Waals surface area contributed by atoms with Gasteiger partial charge in [0.2, 0.25) is 5.91 Å². The van der Waals surface area contributed by atoms with E-state index in [1.165, 1.54) is 5.57 Å². The highest BCUT2D eigenvalue weighted by molar-refractivity contribution is 5.91. The molecule has 96 valence electrons. The minimum Gasteiger partial charge on any atom is -0.364 e. The summed E-state index contributed by atoms with van der Waals surface area (Å²) in [7, 11) is 0. The van der Waals surface area contributed by atoms with E-state index in [0.717, 1.165) is 24.9 Å². The van der Waals surface area contributed by atoms with Gasteiger partial charge < -0.3 is 10.1 Å². The van der Waals surface area contributed by atoms with Crippen molar-refractivity contribution in [2.24, 2.45) is 0 Å². The summed E-state index contributed by atoms with van der Waals surface area (Å²) in [6.07, 6.45) is 5.53. The van der Waals surface area contributed by atoms with Crippen LogP contribution in [0.2, 0.25) is 0 Å². The number of anilines is 1. The summed E-state index contributed by atoms with van der Waals surface area (Å²) in [5, 5.41) is 2.81. The van der Waals surface area contributed by atoms with Crippen molar-refractivity contribution in [2.45, 2.75) is 32.3 Å². The molecule has 1 aromatic carbocycles. The molecule has 1 aliphatic carbocycles. The number of para-hydroxylation sites is 1. The molecule has 0 spiro atoms. The molecule has 0 aliphatic heterocycles. The van der Waals surface area contributed by atoms with Gasteiger partial charge in [-0.25, -0.2) is 0 Å². The summed E-state index contributed by atoms with van der Waals surface area (Å²) >= 11 is 0. The molecule has 3 heteroatoms. The molecule has 0 radical (unpaired) electrons. The Kier molecular flexibility index (Phi) is 4.53. The Balaban J connectivity index is 1.77. The van der Waals surface area contributed by atoms with E-state index in [0.29, 0.717) is 0 Å². The minimum absolute atomic E-state index is 0.0975. The van der Waals surface area contributed by atoms with Crippen LogP contribution in [0.1, 0.15) is 26.2 Å². The van der Waals surface area contributed by atoms with E-state index in [1.807, 2.05) is 30.3 Å². The number of amides is 1. The summed E-state index contributed by atoms with van der Waals surface area (Å²) < 4.78 is 5.60. The third-order valence-electron chi connectivity index (χ3n) is 3.02. The second kappa shape index (κ2) is 6.36. The van der Waals surface area contributed by atoms with Crippen LogP contribution in [-0.2, 0) is 9.53 Å². The van der Waals surface area contributed by atoms with Crippen molar-refractivity contribution in [1.82, 2.24) is 0 Å². The zero-order valence-corrected chi connectivity index (χ0v) is 10.7. The minimum atomic E-state index is -0.0992. The molecule has 2 rings (SSSR count). The fourth-order valence-electron chi connectivity index (χ4n) is 2.10. The number of benzene rings is 1. The first-order chi connectivity index (χ1) is 8.74. The Hall–Kier alpha value is -1.61. The highest BCUT2D eigenvalue weighted by Crippen LogP contribution is 2.19. The van der Waals surface area contributed by atoms with Crippen LogP contribution in [0.3, 0.4) is 0 Å². The smallest absolute Gasteiger partial charge is 0.250 e. The number of nitrogens with one attached hydrogen (secondary N) is 1. The molecule has 0 aromatic heterocycles. The van der Waals surface area contributed by atoms with Crippen LogP contribution in [0.5, 0.6) is 0 Å². The van der Waals surface area contributed by atoms with Crippen LogP contribution >= 0.6 is 0 Å². The van der Waals surface area contributed by atoms with Crippen molar-refractivity contribution >= 4 is 11.6 Å². The first-order valence-corrected chi connectivity index (χ1v) is 6.38. The van der Waals surface area contributed by atoms with Gasteiger partial charge in [0.05, 0.1) is 6.10 Å². The van der Waals surface area contributed by atoms with Gasteiger partial charge in [-0.15, -0.1) is 0 Å². The summed E-state index contributed by atoms with van der Waals surface area (Å²) in [5.74, 6) is -0.0992. The molecule has 0 fully saturated rings. The average molecular weight is 245 g/mol. The highest BCUT2D eigenvalue weighted by Gasteiger charge is 2.13. The van der Waals surface area contributed by atoms with Crippen molar-refractivity contribution in [3.05, 3.63) is 42.0 Å². The van der Waals surface area contributed by atoms with Crippen LogP contribution in [0.4, 0.5) is 5.69 Å². The maximum atomic E-state index is 11.7. The van der Waals surface area contributed by atoms with Crippen LogP contribution in [0, 0.1) is 0 Å². The number of carbonyl (C=O) groups is 1. The van der Waals surface area contributed by atoms with E-state index in [9.17, 15) is 4.79 Å². The number of hydrogen-bond donors (Lipinski definition) is 1. The molecular weight excluding hydrogens is 226 g/mol. The summed E-state index contributed by atoms with van der Waals surface area (Å²) in [4.78, 5) is 11.7. The van der Waals surface area contributed by atoms with Crippen LogP contribution in [0.15, 0.2) is 42.0 Å². The third kappa shape index (κ3) is 4.00. The van der Waals surface area contributed by atoms with Gasteiger partial charge >= 0.3 is 0 Å². The molecule has 0 saturated heterocycles. The highest BCUT2D eigenvalue weighted by atomic mass is 16.5. The van der Waals surface area contributed by atoms with Gasteiger partial charge in [0.25, 0.3) is 0 Å². The van der Waals surface area contributed by atoms with Crippen molar-refractivity contribution in [2.75, 3.05) is 11.9 Å². The first-order valence-electron chi connectivity index (χ1n) is 6.38. The number of rotatable bonds is 4. The Morgan fingerprint density at radius 3 is 2.89 bits per heavy atom. The van der Waals surface area contributed by atoms with E-state index in [2.05, 4.69) is 18.3 Å². The molecule has 0 bridgehead atoms. The first kappa shape index (κ1) is 12.8. The van der Waals surface area contributed by atoms with Gasteiger partial charge in [0.1, 0.15) is 6.61 Å². The summed E-state index contributed by atoms with van der Waals surface area (Å²) in [6.45, 7) is 2.23. The zero-order valence-electron chi connectivity index (χ0n) is 10.7. The van der Waals surface area contributed by atoms with Gasteiger partial charge in [0.15, 0.2) is 0 Å². The summed E-state index contributed by atoms with van der Waals surface area (Å²) in [5.41, 5.74) is 2.16. The molecule has 1 atom stereocenters. The van der Waals surface area contributed by atoms with E-state index in [-0.39, 0.29) is 18.6 Å². The van der Waals surface area contributed by atoms with Crippen molar-refractivity contribution in [3.8, 4) is 0 Å². The SMILES string of the molecule is CC1=CC(OCC(=O)Nc2ccccc2)CCC1. The Bertz CT molecular complexity index is 425. The molecule has 0 saturated carbocycles. The molecule has 1 amide bonds. The Morgan fingerprint density at radius 2 is 2.17 bits per heavy atom. The normalized spacial score (nSPS) is 19.2. The van der Waals surface area contributed by atoms with Crippen LogP contribution < -0.4 is 5.32 Å². The third-order valence-corrected chi connectivity index (χ3v) is 3.02. The molecule has 18 heavy (non-hydrogen) atoms. The monoisotopic (exact) mass is 245 g/mol. The summed E-state index contributed by atoms with van der Waals surface area (Å²) in [6, 6.07) is 9.43. The molecule has 0 heterocycles. The fourth-order valence-corrected chi connectivity index (χ4v) is 2.10. The van der Waals surface area contributed by atoms with E-state index >= 15 is 0 Å². The topological polar surface area (TPSA) is 38.3 Å². The zero-order chi connectivity index (χ0) is 12.8. The van der Waals surface area contributed by atoms with Gasteiger partial charge in [-0.05, 0) is 38.3 Å². The Morgan fingerprint density at radius 1 is 1.39 bits per heavy atom. The second-order valence-corrected chi connectivity index (χ2v) is 4.67. The quantitative estimate of drug-likeness (QED) is 0.828. The van der Waals surface area contributed by atoms with E-state index in [4.69, 9.17) is 4.74 Å². The predicted molar refractivity (Wildman–Crippen MR) is 72.4 cm³/mol. The lowest BCUT2D eigenvalue weighted by Gasteiger charge is -2.19. The number of carbonyl (C=O) groups excluding carboxylic acids is 1. The molecule has 1 unspecified atom stereocenters. The average Bonchev–Trinajstić information content (AvgIpc) is 2.38. The van der Waals surface area contributed by atoms with Gasteiger partial charge in [-0.2, -0.15) is 0 Å². The fraction of sp³-hybridized carbons (Fsp3) is 0.400. The van der Waals surface area contributed by atoms with Crippen LogP contribution in [-0.4, -0.2) is 18.6 Å². The van der Waals surface area contributed by atoms with Crippen LogP contribution in [0.25, 0.3) is 0 Å². The largest absolute Gasteiger partial charge is 0.364 e. The van der Waals surface area contributed by atoms with E-state index < -0.39 is 0 Å². The Labute approximate surface area is 108 Å². The number of allylic oxidation sites excluding steroid dienone is 1. The van der Waals surface area contributed by atoms with Gasteiger partial charge in [-0.3, -0.25) is 4.79 Å². The predicted octanol–water partition coefficient (Wildman–Crippen LogP) is 3.14. The maximum Gasteiger partial charge on any atom is 0.250 e. The molecule has 1 aliphatic rings. The lowest BCUT2D eigenvalue weighted by molar-refractivity contribution is -0.121. The van der Waals surface area contributed by atoms with Crippen molar-refractivity contribution < 1.29 is 9.53 Å². The lowest BCUT2D eigenvalue weighted by Crippen LogP contribution is -2.23. The molecule has 1 N–H and O–H groups in total. The van der Waals surface area contributed by atoms with E-state index in [1.54, 1.807) is 0 Å². The standard InChI is InChI=1S/C15H19NO2/c1-12-6-5-9-14(10-12)18-11-15(17)16-13-7-3-2-4-8-13/h2-4,7-8,10,14H,5-6,9,11H2,1H3,(H,16,17). The lowest BCUT2D eigenvalue weighted by atomic mass is 9.99. The number of ether oxygens (including phenoxy) is 1. The van der Waals surface area contributed by atoms with Crippen molar-refractivity contribution in [1.29, 1.82) is 0 Å².